The molecule has 2 heteroatoms. The number of hydrogen-bond acceptors (Lipinski definition) is 1. The van der Waals surface area contributed by atoms with Crippen LogP contribution < -0.4 is 5.73 Å². The van der Waals surface area contributed by atoms with E-state index in [1.54, 1.807) is 0 Å². The Morgan fingerprint density at radius 3 is 2.30 bits per heavy atom. The number of rotatable bonds is 0. The summed E-state index contributed by atoms with van der Waals surface area (Å²) in [5.74, 6) is 0. The highest BCUT2D eigenvalue weighted by atomic mass is 79.9. The van der Waals surface area contributed by atoms with E-state index >= 15 is 0 Å². The molecule has 0 fully saturated rings. The first-order valence-electron chi connectivity index (χ1n) is 3.14. The molecule has 10 heavy (non-hydrogen) atoms. The van der Waals surface area contributed by atoms with Gasteiger partial charge in [0, 0.05) is 10.2 Å². The van der Waals surface area contributed by atoms with E-state index in [0.29, 0.717) is 0 Å². The summed E-state index contributed by atoms with van der Waals surface area (Å²) >= 11 is 3.42. The summed E-state index contributed by atoms with van der Waals surface area (Å²) in [5.41, 5.74) is 8.91. The van der Waals surface area contributed by atoms with E-state index in [1.807, 2.05) is 19.1 Å². The van der Waals surface area contributed by atoms with Crippen LogP contribution in [0, 0.1) is 13.8 Å². The minimum atomic E-state index is 0.862. The summed E-state index contributed by atoms with van der Waals surface area (Å²) < 4.78 is 1.12. The molecule has 0 saturated heterocycles. The zero-order valence-corrected chi connectivity index (χ0v) is 7.70. The molecule has 0 bridgehead atoms. The van der Waals surface area contributed by atoms with Gasteiger partial charge in [0.1, 0.15) is 0 Å². The van der Waals surface area contributed by atoms with E-state index in [1.165, 1.54) is 5.56 Å². The Kier molecular flexibility index (Phi) is 2.00. The van der Waals surface area contributed by atoms with Gasteiger partial charge in [-0.25, -0.2) is 0 Å². The van der Waals surface area contributed by atoms with Gasteiger partial charge < -0.3 is 5.73 Å². The quantitative estimate of drug-likeness (QED) is 0.640. The van der Waals surface area contributed by atoms with Gasteiger partial charge in [-0.2, -0.15) is 0 Å². The normalized spacial score (nSPS) is 9.90. The van der Waals surface area contributed by atoms with Crippen LogP contribution in [0.3, 0.4) is 0 Å². The lowest BCUT2D eigenvalue weighted by atomic mass is 10.1. The largest absolute Gasteiger partial charge is 0.399 e. The fraction of sp³-hybridized carbons (Fsp3) is 0.250. The highest BCUT2D eigenvalue weighted by Crippen LogP contribution is 2.23. The molecule has 0 amide bonds. The van der Waals surface area contributed by atoms with E-state index in [0.717, 1.165) is 15.7 Å². The van der Waals surface area contributed by atoms with Crippen LogP contribution in [-0.4, -0.2) is 0 Å². The van der Waals surface area contributed by atoms with Crippen LogP contribution in [0.25, 0.3) is 0 Å². The van der Waals surface area contributed by atoms with Gasteiger partial charge in [0.25, 0.3) is 0 Å². The van der Waals surface area contributed by atoms with Crippen molar-refractivity contribution < 1.29 is 0 Å². The second-order valence-corrected chi connectivity index (χ2v) is 3.24. The summed E-state index contributed by atoms with van der Waals surface area (Å²) in [4.78, 5) is 0. The smallest absolute Gasteiger partial charge is 0.0347 e. The molecule has 0 radical (unpaired) electrons. The molecule has 0 aliphatic carbocycles. The molecule has 0 heterocycles. The third-order valence-electron chi connectivity index (χ3n) is 1.76. The molecule has 0 saturated carbocycles. The third kappa shape index (κ3) is 1.16. The van der Waals surface area contributed by atoms with Crippen molar-refractivity contribution in [3.63, 3.8) is 0 Å². The highest BCUT2D eigenvalue weighted by Gasteiger charge is 1.99. The number of halogens is 1. The van der Waals surface area contributed by atoms with Gasteiger partial charge >= 0.3 is 0 Å². The molecule has 1 rings (SSSR count). The first-order chi connectivity index (χ1) is 4.63. The summed E-state index contributed by atoms with van der Waals surface area (Å²) in [6.45, 7) is 4.07. The van der Waals surface area contributed by atoms with Gasteiger partial charge in [0.05, 0.1) is 0 Å². The van der Waals surface area contributed by atoms with Crippen molar-refractivity contribution in [1.29, 1.82) is 0 Å². The Balaban J connectivity index is 3.34. The Morgan fingerprint density at radius 1 is 1.20 bits per heavy atom. The Bertz CT molecular complexity index is 229. The maximum Gasteiger partial charge on any atom is 0.0347 e. The van der Waals surface area contributed by atoms with Gasteiger partial charge in [0.2, 0.25) is 0 Å². The molecule has 1 nitrogen and oxygen atoms in total. The lowest BCUT2D eigenvalue weighted by Crippen LogP contribution is -1.91. The first kappa shape index (κ1) is 7.61. The molecular formula is C8H10BrN. The number of nitrogens with two attached hydrogens (primary N) is 1. The van der Waals surface area contributed by atoms with Crippen molar-refractivity contribution in [2.45, 2.75) is 13.8 Å². The highest BCUT2D eigenvalue weighted by molar-refractivity contribution is 9.10. The van der Waals surface area contributed by atoms with Crippen molar-refractivity contribution in [3.05, 3.63) is 27.7 Å². The van der Waals surface area contributed by atoms with Gasteiger partial charge in [-0.15, -0.1) is 0 Å². The molecule has 54 valence electrons. The van der Waals surface area contributed by atoms with Gasteiger partial charge in [0.15, 0.2) is 0 Å². The predicted octanol–water partition coefficient (Wildman–Crippen LogP) is 2.65. The summed E-state index contributed by atoms with van der Waals surface area (Å²) in [7, 11) is 0. The summed E-state index contributed by atoms with van der Waals surface area (Å²) in [5, 5.41) is 0. The van der Waals surface area contributed by atoms with Crippen LogP contribution in [0.1, 0.15) is 11.1 Å². The maximum atomic E-state index is 5.67. The second-order valence-electron chi connectivity index (χ2n) is 2.39. The van der Waals surface area contributed by atoms with Crippen molar-refractivity contribution in [3.8, 4) is 0 Å². The average Bonchev–Trinajstić information content (AvgIpc) is 1.93. The summed E-state index contributed by atoms with van der Waals surface area (Å²) in [6, 6.07) is 3.88. The van der Waals surface area contributed by atoms with E-state index in [9.17, 15) is 0 Å². The van der Waals surface area contributed by atoms with Crippen molar-refractivity contribution in [1.82, 2.24) is 0 Å². The van der Waals surface area contributed by atoms with Crippen LogP contribution in [-0.2, 0) is 0 Å². The van der Waals surface area contributed by atoms with Crippen LogP contribution in [0.5, 0.6) is 0 Å². The zero-order valence-electron chi connectivity index (χ0n) is 6.11. The van der Waals surface area contributed by atoms with Gasteiger partial charge in [-0.3, -0.25) is 0 Å². The summed E-state index contributed by atoms with van der Waals surface area (Å²) in [6.07, 6.45) is 0. The molecule has 0 spiro atoms. The maximum absolute atomic E-state index is 5.67. The van der Waals surface area contributed by atoms with Crippen LogP contribution >= 0.6 is 15.9 Å². The zero-order chi connectivity index (χ0) is 7.72. The Hall–Kier alpha value is -0.500. The molecule has 0 atom stereocenters. The fourth-order valence-electron chi connectivity index (χ4n) is 0.809. The molecule has 1 aromatic rings. The Morgan fingerprint density at radius 2 is 1.80 bits per heavy atom. The topological polar surface area (TPSA) is 26.0 Å². The lowest BCUT2D eigenvalue weighted by Gasteiger charge is -2.04. The van der Waals surface area contributed by atoms with Crippen molar-refractivity contribution >= 4 is 21.6 Å². The van der Waals surface area contributed by atoms with Crippen molar-refractivity contribution in [2.75, 3.05) is 5.73 Å². The molecule has 0 aliphatic rings. The van der Waals surface area contributed by atoms with E-state index < -0.39 is 0 Å². The standard InChI is InChI=1S/C8H10BrN/c1-5-6(2)8(10)4-3-7(5)9/h3-4H,10H2,1-2H3. The fourth-order valence-corrected chi connectivity index (χ4v) is 1.24. The molecule has 2 N–H and O–H groups in total. The minimum Gasteiger partial charge on any atom is -0.399 e. The number of nitrogen functional groups attached to an aromatic ring is 1. The lowest BCUT2D eigenvalue weighted by molar-refractivity contribution is 1.32. The predicted molar refractivity (Wildman–Crippen MR) is 48.0 cm³/mol. The molecular weight excluding hydrogens is 190 g/mol. The van der Waals surface area contributed by atoms with Gasteiger partial charge in [-0.05, 0) is 37.1 Å². The monoisotopic (exact) mass is 199 g/mol. The number of hydrogen-bond donors (Lipinski definition) is 1. The van der Waals surface area contributed by atoms with E-state index in [4.69, 9.17) is 5.73 Å². The Labute approximate surface area is 69.4 Å². The number of anilines is 1. The van der Waals surface area contributed by atoms with E-state index in [-0.39, 0.29) is 0 Å². The second kappa shape index (κ2) is 2.62. The average molecular weight is 200 g/mol. The molecule has 0 aliphatic heterocycles. The molecule has 0 unspecified atom stereocenters. The molecule has 0 aromatic heterocycles. The van der Waals surface area contributed by atoms with Gasteiger partial charge in [-0.1, -0.05) is 15.9 Å². The van der Waals surface area contributed by atoms with Crippen LogP contribution in [0.4, 0.5) is 5.69 Å². The van der Waals surface area contributed by atoms with Crippen LogP contribution in [0.15, 0.2) is 16.6 Å². The van der Waals surface area contributed by atoms with Crippen LogP contribution in [0.2, 0.25) is 0 Å². The SMILES string of the molecule is Cc1c(N)ccc(Br)c1C. The minimum absolute atomic E-state index is 0.862. The number of benzene rings is 1. The van der Waals surface area contributed by atoms with E-state index in [2.05, 4.69) is 22.9 Å². The van der Waals surface area contributed by atoms with Crippen molar-refractivity contribution in [2.24, 2.45) is 0 Å². The first-order valence-corrected chi connectivity index (χ1v) is 3.93. The third-order valence-corrected chi connectivity index (χ3v) is 2.62. The molecule has 1 aromatic carbocycles.